The number of hydrogen-bond donors (Lipinski definition) is 0. The van der Waals surface area contributed by atoms with Crippen molar-refractivity contribution in [2.75, 3.05) is 37.6 Å². The zero-order valence-corrected chi connectivity index (χ0v) is 18.7. The zero-order valence-electron chi connectivity index (χ0n) is 18.7. The largest absolute Gasteiger partial charge is 0.485 e. The predicted octanol–water partition coefficient (Wildman–Crippen LogP) is 3.43. The first-order valence-corrected chi connectivity index (χ1v) is 11.5. The number of benzene rings is 2. The lowest BCUT2D eigenvalue weighted by Crippen LogP contribution is -2.52. The van der Waals surface area contributed by atoms with Crippen molar-refractivity contribution in [3.63, 3.8) is 0 Å². The van der Waals surface area contributed by atoms with E-state index >= 15 is 0 Å². The number of nitrogens with zero attached hydrogens (tertiary/aromatic N) is 3. The fourth-order valence-corrected chi connectivity index (χ4v) is 4.83. The highest BCUT2D eigenvalue weighted by molar-refractivity contribution is 5.96. The summed E-state index contributed by atoms with van der Waals surface area (Å²) in [7, 11) is 0. The number of carbonyl (C=O) groups is 2. The van der Waals surface area contributed by atoms with Crippen LogP contribution in [0.25, 0.3) is 11.1 Å². The summed E-state index contributed by atoms with van der Waals surface area (Å²) in [6.45, 7) is 5.41. The molecule has 3 heterocycles. The van der Waals surface area contributed by atoms with Gasteiger partial charge in [-0.1, -0.05) is 24.3 Å². The summed E-state index contributed by atoms with van der Waals surface area (Å²) in [4.78, 5) is 31.4. The Balaban J connectivity index is 1.18. The molecule has 0 N–H and O–H groups in total. The van der Waals surface area contributed by atoms with Gasteiger partial charge >= 0.3 is 0 Å². The fourth-order valence-electron chi connectivity index (χ4n) is 4.83. The molecule has 2 amide bonds. The summed E-state index contributed by atoms with van der Waals surface area (Å²) in [5.74, 6) is 0.311. The second-order valence-corrected chi connectivity index (χ2v) is 8.98. The summed E-state index contributed by atoms with van der Waals surface area (Å²) < 4.78 is 18.8. The first kappa shape index (κ1) is 21.6. The molecular formula is C26H28FN3O3. The normalized spacial score (nSPS) is 23.6. The van der Waals surface area contributed by atoms with Crippen molar-refractivity contribution in [2.45, 2.75) is 31.9 Å². The number of amides is 2. The number of hydrogen-bond acceptors (Lipinski definition) is 4. The highest BCUT2D eigenvalue weighted by Gasteiger charge is 2.37. The van der Waals surface area contributed by atoms with Crippen LogP contribution in [0.15, 0.2) is 60.4 Å². The van der Waals surface area contributed by atoms with Crippen molar-refractivity contribution in [1.82, 2.24) is 9.80 Å². The number of rotatable bonds is 4. The van der Waals surface area contributed by atoms with Crippen LogP contribution in [-0.2, 0) is 14.3 Å². The number of anilines is 1. The smallest absolute Gasteiger partial charge is 0.288 e. The molecule has 0 bridgehead atoms. The lowest BCUT2D eigenvalue weighted by atomic mass is 10.1. The SMILES string of the molecule is CC1CC=C(C(=O)N2CCN([C@@H]3CC(=O)N(c4ccc(-c5ccc(F)cc5)cc4)C3)CC2)O1. The minimum atomic E-state index is -0.257. The molecule has 33 heavy (non-hydrogen) atoms. The summed E-state index contributed by atoms with van der Waals surface area (Å²) in [6, 6.07) is 14.4. The van der Waals surface area contributed by atoms with Gasteiger partial charge in [0.05, 0.1) is 6.10 Å². The van der Waals surface area contributed by atoms with Crippen molar-refractivity contribution in [3.8, 4) is 11.1 Å². The molecule has 0 saturated carbocycles. The first-order valence-electron chi connectivity index (χ1n) is 11.5. The number of piperazine rings is 1. The van der Waals surface area contributed by atoms with Crippen LogP contribution in [0.5, 0.6) is 0 Å². The van der Waals surface area contributed by atoms with Crippen molar-refractivity contribution >= 4 is 17.5 Å². The fraction of sp³-hybridized carbons (Fsp3) is 0.385. The van der Waals surface area contributed by atoms with Gasteiger partial charge in [-0.15, -0.1) is 0 Å². The molecule has 3 aliphatic heterocycles. The van der Waals surface area contributed by atoms with Gasteiger partial charge < -0.3 is 14.5 Å². The molecule has 0 radical (unpaired) electrons. The van der Waals surface area contributed by atoms with E-state index < -0.39 is 0 Å². The molecule has 172 valence electrons. The van der Waals surface area contributed by atoms with E-state index in [-0.39, 0.29) is 29.8 Å². The Labute approximate surface area is 193 Å². The summed E-state index contributed by atoms with van der Waals surface area (Å²) in [5, 5.41) is 0. The van der Waals surface area contributed by atoms with E-state index in [1.165, 1.54) is 12.1 Å². The third-order valence-electron chi connectivity index (χ3n) is 6.75. The highest BCUT2D eigenvalue weighted by atomic mass is 19.1. The summed E-state index contributed by atoms with van der Waals surface area (Å²) in [6.07, 6.45) is 3.23. The Morgan fingerprint density at radius 1 is 0.970 bits per heavy atom. The zero-order chi connectivity index (χ0) is 22.9. The molecule has 3 aliphatic rings. The van der Waals surface area contributed by atoms with Gasteiger partial charge in [0.2, 0.25) is 5.91 Å². The maximum absolute atomic E-state index is 13.2. The van der Waals surface area contributed by atoms with Crippen LogP contribution in [0, 0.1) is 5.82 Å². The summed E-state index contributed by atoms with van der Waals surface area (Å²) in [5.41, 5.74) is 2.80. The van der Waals surface area contributed by atoms with Gasteiger partial charge in [-0.3, -0.25) is 14.5 Å². The van der Waals surface area contributed by atoms with Crippen molar-refractivity contribution in [1.29, 1.82) is 0 Å². The molecule has 1 unspecified atom stereocenters. The number of halogens is 1. The average molecular weight is 450 g/mol. The van der Waals surface area contributed by atoms with Crippen LogP contribution in [-0.4, -0.2) is 66.5 Å². The van der Waals surface area contributed by atoms with Crippen LogP contribution in [0.1, 0.15) is 19.8 Å². The Bertz CT molecular complexity index is 1060. The van der Waals surface area contributed by atoms with E-state index in [0.717, 1.165) is 36.3 Å². The van der Waals surface area contributed by atoms with Crippen LogP contribution in [0.2, 0.25) is 0 Å². The molecule has 5 rings (SSSR count). The Morgan fingerprint density at radius 3 is 2.21 bits per heavy atom. The number of ether oxygens (including phenoxy) is 1. The van der Waals surface area contributed by atoms with Gasteiger partial charge in [-0.25, -0.2) is 4.39 Å². The number of carbonyl (C=O) groups excluding carboxylic acids is 2. The van der Waals surface area contributed by atoms with Crippen LogP contribution < -0.4 is 4.90 Å². The van der Waals surface area contributed by atoms with Crippen LogP contribution >= 0.6 is 0 Å². The highest BCUT2D eigenvalue weighted by Crippen LogP contribution is 2.28. The van der Waals surface area contributed by atoms with Gasteiger partial charge in [0.25, 0.3) is 5.91 Å². The monoisotopic (exact) mass is 449 g/mol. The maximum Gasteiger partial charge on any atom is 0.288 e. The van der Waals surface area contributed by atoms with Gasteiger partial charge in [-0.05, 0) is 48.4 Å². The lowest BCUT2D eigenvalue weighted by molar-refractivity contribution is -0.133. The van der Waals surface area contributed by atoms with Crippen molar-refractivity contribution in [3.05, 3.63) is 66.2 Å². The van der Waals surface area contributed by atoms with E-state index in [9.17, 15) is 14.0 Å². The molecule has 6 nitrogen and oxygen atoms in total. The quantitative estimate of drug-likeness (QED) is 0.718. The predicted molar refractivity (Wildman–Crippen MR) is 124 cm³/mol. The molecule has 2 atom stereocenters. The summed E-state index contributed by atoms with van der Waals surface area (Å²) >= 11 is 0. The molecule has 7 heteroatoms. The third kappa shape index (κ3) is 4.50. The molecular weight excluding hydrogens is 421 g/mol. The van der Waals surface area contributed by atoms with Crippen LogP contribution in [0.3, 0.4) is 0 Å². The molecule has 2 saturated heterocycles. The van der Waals surface area contributed by atoms with Gasteiger partial charge in [0.15, 0.2) is 5.76 Å². The van der Waals surface area contributed by atoms with E-state index in [1.807, 2.05) is 47.1 Å². The van der Waals surface area contributed by atoms with E-state index in [1.54, 1.807) is 12.1 Å². The van der Waals surface area contributed by atoms with E-state index in [0.29, 0.717) is 31.8 Å². The van der Waals surface area contributed by atoms with Gasteiger partial charge in [0, 0.05) is 57.3 Å². The maximum atomic E-state index is 13.2. The first-order chi connectivity index (χ1) is 16.0. The minimum absolute atomic E-state index is 0.0237. The molecule has 0 aromatic heterocycles. The van der Waals surface area contributed by atoms with Crippen molar-refractivity contribution in [2.24, 2.45) is 0 Å². The van der Waals surface area contributed by atoms with Gasteiger partial charge in [0.1, 0.15) is 5.82 Å². The second-order valence-electron chi connectivity index (χ2n) is 8.98. The Hall–Kier alpha value is -3.19. The second kappa shape index (κ2) is 8.98. The van der Waals surface area contributed by atoms with Gasteiger partial charge in [-0.2, -0.15) is 0 Å². The molecule has 2 aromatic rings. The standard InChI is InChI=1S/C26H28FN3O3/c1-18-2-11-24(33-18)26(32)29-14-12-28(13-15-29)23-16-25(31)30(17-23)22-9-5-20(6-10-22)19-3-7-21(27)8-4-19/h3-11,18,23H,2,12-17H2,1H3/t18?,23-/m1/s1. The molecule has 0 aliphatic carbocycles. The van der Waals surface area contributed by atoms with Crippen LogP contribution in [0.4, 0.5) is 10.1 Å². The lowest BCUT2D eigenvalue weighted by Gasteiger charge is -2.37. The Kier molecular flexibility index (Phi) is 5.89. The minimum Gasteiger partial charge on any atom is -0.485 e. The van der Waals surface area contributed by atoms with E-state index in [4.69, 9.17) is 4.74 Å². The topological polar surface area (TPSA) is 53.1 Å². The Morgan fingerprint density at radius 2 is 1.61 bits per heavy atom. The van der Waals surface area contributed by atoms with E-state index in [2.05, 4.69) is 4.90 Å². The average Bonchev–Trinajstić information content (AvgIpc) is 3.45. The molecule has 2 aromatic carbocycles. The molecule has 0 spiro atoms. The molecule has 2 fully saturated rings. The third-order valence-corrected chi connectivity index (χ3v) is 6.75. The van der Waals surface area contributed by atoms with Crippen molar-refractivity contribution < 1.29 is 18.7 Å².